The number of fused-ring (bicyclic) bond motifs is 1. The Bertz CT molecular complexity index is 1140. The highest BCUT2D eigenvalue weighted by Crippen LogP contribution is 2.39. The maximum absolute atomic E-state index is 12.9. The number of hydrogen-bond donors (Lipinski definition) is 2. The van der Waals surface area contributed by atoms with Crippen molar-refractivity contribution in [3.8, 4) is 17.2 Å². The minimum absolute atomic E-state index is 0.0142. The van der Waals surface area contributed by atoms with Gasteiger partial charge in [-0.15, -0.1) is 0 Å². The number of nitrogens with zero attached hydrogens (tertiary/aromatic N) is 2. The highest BCUT2D eigenvalue weighted by Gasteiger charge is 2.31. The van der Waals surface area contributed by atoms with Gasteiger partial charge >= 0.3 is 12.2 Å². The van der Waals surface area contributed by atoms with Crippen LogP contribution in [0.15, 0.2) is 54.6 Å². The minimum Gasteiger partial charge on any atom is -0.470 e. The van der Waals surface area contributed by atoms with Crippen molar-refractivity contribution in [2.45, 2.75) is 6.18 Å². The van der Waals surface area contributed by atoms with Crippen LogP contribution in [0.1, 0.15) is 5.56 Å². The van der Waals surface area contributed by atoms with Crippen molar-refractivity contribution in [1.29, 1.82) is 0 Å². The fraction of sp³-hybridized carbons (Fsp3) is 0.100. The molecule has 1 aliphatic heterocycles. The summed E-state index contributed by atoms with van der Waals surface area (Å²) in [6, 6.07) is 11.5. The third kappa shape index (κ3) is 4.58. The van der Waals surface area contributed by atoms with Crippen LogP contribution in [0, 0.1) is 0 Å². The first-order chi connectivity index (χ1) is 14.7. The van der Waals surface area contributed by atoms with E-state index in [0.717, 1.165) is 12.1 Å². The lowest BCUT2D eigenvalue weighted by atomic mass is 10.2. The van der Waals surface area contributed by atoms with Gasteiger partial charge in [-0.25, -0.2) is 9.78 Å². The van der Waals surface area contributed by atoms with Gasteiger partial charge in [0.2, 0.25) is 0 Å². The summed E-state index contributed by atoms with van der Waals surface area (Å²) in [4.78, 5) is 17.7. The fourth-order valence-electron chi connectivity index (χ4n) is 2.92. The molecule has 1 aromatic heterocycles. The molecule has 0 saturated carbocycles. The molecule has 7 nitrogen and oxygen atoms in total. The van der Waals surface area contributed by atoms with Crippen molar-refractivity contribution in [3.05, 3.63) is 65.3 Å². The molecule has 0 unspecified atom stereocenters. The molecule has 160 valence electrons. The van der Waals surface area contributed by atoms with Gasteiger partial charge in [-0.3, -0.25) is 4.90 Å². The second-order valence-corrected chi connectivity index (χ2v) is 6.88. The molecule has 1 aliphatic rings. The third-order valence-electron chi connectivity index (χ3n) is 4.28. The van der Waals surface area contributed by atoms with Gasteiger partial charge in [0.15, 0.2) is 6.73 Å². The predicted molar refractivity (Wildman–Crippen MR) is 109 cm³/mol. The zero-order chi connectivity index (χ0) is 22.2. The Morgan fingerprint density at radius 2 is 1.97 bits per heavy atom. The molecular weight excluding hydrogens is 437 g/mol. The fourth-order valence-corrected chi connectivity index (χ4v) is 3.13. The van der Waals surface area contributed by atoms with Crippen LogP contribution >= 0.6 is 11.6 Å². The van der Waals surface area contributed by atoms with E-state index in [2.05, 4.69) is 10.3 Å². The first-order valence-electron chi connectivity index (χ1n) is 8.82. The highest BCUT2D eigenvalue weighted by molar-refractivity contribution is 6.29. The monoisotopic (exact) mass is 450 g/mol. The minimum atomic E-state index is -4.51. The van der Waals surface area contributed by atoms with Crippen LogP contribution < -0.4 is 25.4 Å². The Morgan fingerprint density at radius 3 is 2.71 bits per heavy atom. The highest BCUT2D eigenvalue weighted by atomic mass is 35.5. The quantitative estimate of drug-likeness (QED) is 0.513. The van der Waals surface area contributed by atoms with E-state index in [4.69, 9.17) is 26.8 Å². The molecule has 0 spiro atoms. The molecule has 2 amide bonds. The predicted octanol–water partition coefficient (Wildman–Crippen LogP) is 5.52. The van der Waals surface area contributed by atoms with Crippen molar-refractivity contribution >= 4 is 34.8 Å². The van der Waals surface area contributed by atoms with Crippen molar-refractivity contribution < 1.29 is 27.4 Å². The van der Waals surface area contributed by atoms with Crippen LogP contribution in [0.4, 0.5) is 35.2 Å². The Balaban J connectivity index is 1.49. The number of halogens is 4. The van der Waals surface area contributed by atoms with Gasteiger partial charge in [-0.1, -0.05) is 17.7 Å². The number of alkyl halides is 3. The van der Waals surface area contributed by atoms with E-state index in [-0.39, 0.29) is 23.4 Å². The number of anilines is 3. The number of ether oxygens (including phenoxy) is 2. The van der Waals surface area contributed by atoms with Crippen molar-refractivity contribution in [2.75, 3.05) is 22.7 Å². The number of carbonyl (C=O) groups excluding carboxylic acids is 1. The lowest BCUT2D eigenvalue weighted by Gasteiger charge is -2.16. The lowest BCUT2D eigenvalue weighted by molar-refractivity contribution is -0.137. The molecule has 11 heteroatoms. The van der Waals surface area contributed by atoms with E-state index in [1.807, 2.05) is 0 Å². The first kappa shape index (κ1) is 20.6. The number of urea groups is 1. The van der Waals surface area contributed by atoms with E-state index >= 15 is 0 Å². The Labute approximate surface area is 179 Å². The SMILES string of the molecule is Nc1cc(Oc2ccc3c(c2)OCN3C(=O)Nc2cccc(C(F)(F)F)c2)cc(Cl)n1. The third-order valence-corrected chi connectivity index (χ3v) is 4.47. The van der Waals surface area contributed by atoms with E-state index in [1.165, 1.54) is 29.2 Å². The molecule has 31 heavy (non-hydrogen) atoms. The number of benzene rings is 2. The molecule has 0 bridgehead atoms. The molecule has 0 atom stereocenters. The molecule has 3 aromatic rings. The molecule has 2 heterocycles. The molecular formula is C20H14ClF3N4O3. The largest absolute Gasteiger partial charge is 0.470 e. The number of nitrogen functional groups attached to an aromatic ring is 1. The maximum Gasteiger partial charge on any atom is 0.416 e. The molecule has 0 aliphatic carbocycles. The van der Waals surface area contributed by atoms with Crippen LogP contribution in [-0.4, -0.2) is 17.7 Å². The number of nitrogens with two attached hydrogens (primary N) is 1. The maximum atomic E-state index is 12.9. The van der Waals surface area contributed by atoms with Crippen LogP contribution in [0.3, 0.4) is 0 Å². The number of nitrogens with one attached hydrogen (secondary N) is 1. The van der Waals surface area contributed by atoms with E-state index < -0.39 is 17.8 Å². The van der Waals surface area contributed by atoms with Gasteiger partial charge in [0.05, 0.1) is 11.3 Å². The molecule has 3 N–H and O–H groups in total. The smallest absolute Gasteiger partial charge is 0.416 e. The van der Waals surface area contributed by atoms with Crippen LogP contribution in [0.25, 0.3) is 0 Å². The average Bonchev–Trinajstić information content (AvgIpc) is 3.10. The second-order valence-electron chi connectivity index (χ2n) is 6.49. The van der Waals surface area contributed by atoms with Crippen molar-refractivity contribution in [2.24, 2.45) is 0 Å². The van der Waals surface area contributed by atoms with Gasteiger partial charge in [-0.05, 0) is 30.3 Å². The van der Waals surface area contributed by atoms with Gasteiger partial charge in [0.25, 0.3) is 0 Å². The number of pyridine rings is 1. The molecule has 0 fully saturated rings. The Morgan fingerprint density at radius 1 is 1.16 bits per heavy atom. The van der Waals surface area contributed by atoms with E-state index in [0.29, 0.717) is 22.9 Å². The molecule has 0 radical (unpaired) electrons. The van der Waals surface area contributed by atoms with E-state index in [1.54, 1.807) is 18.2 Å². The zero-order valence-electron chi connectivity index (χ0n) is 15.6. The van der Waals surface area contributed by atoms with Gasteiger partial charge < -0.3 is 20.5 Å². The summed E-state index contributed by atoms with van der Waals surface area (Å²) >= 11 is 5.86. The normalized spacial score (nSPS) is 12.8. The topological polar surface area (TPSA) is 89.7 Å². The lowest BCUT2D eigenvalue weighted by Crippen LogP contribution is -2.34. The van der Waals surface area contributed by atoms with Crippen LogP contribution in [0.2, 0.25) is 5.15 Å². The molecule has 4 rings (SSSR count). The summed E-state index contributed by atoms with van der Waals surface area (Å²) in [5.41, 5.74) is 5.23. The Kier molecular flexibility index (Phi) is 5.24. The number of hydrogen-bond acceptors (Lipinski definition) is 5. The summed E-state index contributed by atoms with van der Waals surface area (Å²) in [6.07, 6.45) is -4.51. The summed E-state index contributed by atoms with van der Waals surface area (Å²) in [6.45, 7) is -0.113. The average molecular weight is 451 g/mol. The van der Waals surface area contributed by atoms with Crippen molar-refractivity contribution in [3.63, 3.8) is 0 Å². The van der Waals surface area contributed by atoms with Crippen molar-refractivity contribution in [1.82, 2.24) is 4.98 Å². The summed E-state index contributed by atoms with van der Waals surface area (Å²) in [7, 11) is 0. The number of carbonyl (C=O) groups is 1. The van der Waals surface area contributed by atoms with Crippen LogP contribution in [-0.2, 0) is 6.18 Å². The number of aromatic nitrogens is 1. The summed E-state index contributed by atoms with van der Waals surface area (Å²) < 4.78 is 49.8. The first-order valence-corrected chi connectivity index (χ1v) is 9.20. The Hall–Kier alpha value is -3.66. The number of rotatable bonds is 3. The van der Waals surface area contributed by atoms with Gasteiger partial charge in [-0.2, -0.15) is 13.2 Å². The molecule has 2 aromatic carbocycles. The second kappa shape index (κ2) is 7.88. The van der Waals surface area contributed by atoms with Gasteiger partial charge in [0, 0.05) is 23.9 Å². The molecule has 0 saturated heterocycles. The van der Waals surface area contributed by atoms with Gasteiger partial charge in [0.1, 0.15) is 28.2 Å². The summed E-state index contributed by atoms with van der Waals surface area (Å²) in [5, 5.41) is 2.62. The van der Waals surface area contributed by atoms with E-state index in [9.17, 15) is 18.0 Å². The summed E-state index contributed by atoms with van der Waals surface area (Å²) in [5.74, 6) is 1.33. The standard InChI is InChI=1S/C20H14ClF3N4O3/c21-17-8-14(9-18(25)27-17)31-13-4-5-15-16(7-13)30-10-28(15)19(29)26-12-3-1-2-11(6-12)20(22,23)24/h1-9H,10H2,(H2,25,27)(H,26,29). The zero-order valence-corrected chi connectivity index (χ0v) is 16.4. The van der Waals surface area contributed by atoms with Crippen LogP contribution in [0.5, 0.6) is 17.2 Å². The number of amides is 2.